The van der Waals surface area contributed by atoms with Crippen molar-refractivity contribution in [2.24, 2.45) is 5.73 Å². The van der Waals surface area contributed by atoms with Gasteiger partial charge in [0.15, 0.2) is 0 Å². The number of hydrogen-bond donors (Lipinski definition) is 3. The normalized spacial score (nSPS) is 12.9. The molecule has 0 aliphatic heterocycles. The van der Waals surface area contributed by atoms with Crippen LogP contribution in [0, 0.1) is 13.8 Å². The lowest BCUT2D eigenvalue weighted by Gasteiger charge is -2.36. The third-order valence-corrected chi connectivity index (χ3v) is 6.51. The molecular weight excluding hydrogens is 508 g/mol. The topological polar surface area (TPSA) is 131 Å². The van der Waals surface area contributed by atoms with E-state index in [1.54, 1.807) is 25.7 Å². The molecule has 0 radical (unpaired) electrons. The number of ether oxygens (including phenoxy) is 1. The number of carbonyl (C=O) groups is 4. The summed E-state index contributed by atoms with van der Waals surface area (Å²) < 4.78 is 5.41. The van der Waals surface area contributed by atoms with Crippen LogP contribution in [0.15, 0.2) is 18.2 Å². The maximum absolute atomic E-state index is 14.3. The van der Waals surface area contributed by atoms with Crippen molar-refractivity contribution in [3.05, 3.63) is 34.9 Å². The van der Waals surface area contributed by atoms with E-state index in [0.717, 1.165) is 48.8 Å². The van der Waals surface area contributed by atoms with Crippen molar-refractivity contribution < 1.29 is 23.9 Å². The molecule has 0 bridgehead atoms. The van der Waals surface area contributed by atoms with E-state index in [-0.39, 0.29) is 24.8 Å². The van der Waals surface area contributed by atoms with Gasteiger partial charge in [-0.15, -0.1) is 0 Å². The van der Waals surface area contributed by atoms with Crippen LogP contribution >= 0.6 is 0 Å². The van der Waals surface area contributed by atoms with Crippen molar-refractivity contribution in [3.8, 4) is 0 Å². The summed E-state index contributed by atoms with van der Waals surface area (Å²) in [5, 5.41) is 5.64. The van der Waals surface area contributed by atoms with Crippen LogP contribution in [0.2, 0.25) is 0 Å². The summed E-state index contributed by atoms with van der Waals surface area (Å²) in [6, 6.07) is 3.62. The zero-order valence-electron chi connectivity index (χ0n) is 25.9. The minimum absolute atomic E-state index is 0.00825. The van der Waals surface area contributed by atoms with Crippen LogP contribution in [0.25, 0.3) is 0 Å². The minimum atomic E-state index is -1.10. The van der Waals surface area contributed by atoms with Gasteiger partial charge in [-0.2, -0.15) is 0 Å². The van der Waals surface area contributed by atoms with E-state index in [4.69, 9.17) is 10.5 Å². The van der Waals surface area contributed by atoms with Gasteiger partial charge in [-0.05, 0) is 78.0 Å². The molecule has 1 aromatic rings. The fourth-order valence-corrected chi connectivity index (χ4v) is 4.67. The Bertz CT molecular complexity index is 966. The average molecular weight is 561 g/mol. The van der Waals surface area contributed by atoms with E-state index in [2.05, 4.69) is 17.6 Å². The quantitative estimate of drug-likeness (QED) is 0.239. The number of alkyl carbamates (subject to hydrolysis) is 1. The van der Waals surface area contributed by atoms with E-state index >= 15 is 0 Å². The average Bonchev–Trinajstić information content (AvgIpc) is 2.82. The Hall–Kier alpha value is -3.10. The molecule has 0 heterocycles. The zero-order valence-corrected chi connectivity index (χ0v) is 25.9. The zero-order chi connectivity index (χ0) is 30.5. The highest BCUT2D eigenvalue weighted by molar-refractivity contribution is 5.93. The summed E-state index contributed by atoms with van der Waals surface area (Å²) in [7, 11) is 0. The number of aryl methyl sites for hydroxylation is 2. The van der Waals surface area contributed by atoms with E-state index in [9.17, 15) is 19.2 Å². The molecule has 226 valence electrons. The third-order valence-electron chi connectivity index (χ3n) is 6.51. The van der Waals surface area contributed by atoms with Crippen molar-refractivity contribution >= 4 is 23.8 Å². The maximum Gasteiger partial charge on any atom is 0.408 e. The fraction of sp³-hybridized carbons (Fsp3) is 0.677. The Labute approximate surface area is 241 Å². The molecule has 2 unspecified atom stereocenters. The molecule has 0 aliphatic carbocycles. The van der Waals surface area contributed by atoms with Gasteiger partial charge in [-0.1, -0.05) is 57.2 Å². The Balaban J connectivity index is 3.55. The number of nitrogens with two attached hydrogens (primary N) is 1. The van der Waals surface area contributed by atoms with E-state index in [1.165, 1.54) is 0 Å². The largest absolute Gasteiger partial charge is 0.444 e. The number of primary amides is 1. The summed E-state index contributed by atoms with van der Waals surface area (Å²) in [4.78, 5) is 54.0. The van der Waals surface area contributed by atoms with Gasteiger partial charge in [0.2, 0.25) is 17.7 Å². The molecule has 1 rings (SSSR count). The van der Waals surface area contributed by atoms with Gasteiger partial charge in [-0.3, -0.25) is 14.4 Å². The number of unbranched alkanes of at least 4 members (excludes halogenated alkanes) is 5. The lowest BCUT2D eigenvalue weighted by molar-refractivity contribution is -0.143. The van der Waals surface area contributed by atoms with Gasteiger partial charge >= 0.3 is 6.09 Å². The van der Waals surface area contributed by atoms with Gasteiger partial charge in [0.1, 0.15) is 17.7 Å². The van der Waals surface area contributed by atoms with Gasteiger partial charge in [0, 0.05) is 19.0 Å². The highest BCUT2D eigenvalue weighted by Crippen LogP contribution is 2.29. The second-order valence-electron chi connectivity index (χ2n) is 11.9. The SMILES string of the molecule is CCCCCCCCN(C(=O)C(CCC(N)=O)NC(=O)OC(C)(C)C)C(C(=O)NC(C)C)c1c(C)cccc1C. The number of carbonyl (C=O) groups excluding carboxylic acids is 4. The van der Waals surface area contributed by atoms with Crippen molar-refractivity contribution in [1.29, 1.82) is 0 Å². The van der Waals surface area contributed by atoms with Crippen LogP contribution in [-0.2, 0) is 19.1 Å². The number of rotatable bonds is 16. The number of hydrogen-bond acceptors (Lipinski definition) is 5. The highest BCUT2D eigenvalue weighted by Gasteiger charge is 2.37. The maximum atomic E-state index is 14.3. The molecule has 0 saturated heterocycles. The molecule has 2 atom stereocenters. The molecule has 9 heteroatoms. The summed E-state index contributed by atoms with van der Waals surface area (Å²) >= 11 is 0. The van der Waals surface area contributed by atoms with Crippen LogP contribution in [-0.4, -0.2) is 52.9 Å². The highest BCUT2D eigenvalue weighted by atomic mass is 16.6. The molecule has 0 saturated carbocycles. The van der Waals surface area contributed by atoms with Crippen molar-refractivity contribution in [2.75, 3.05) is 6.54 Å². The molecule has 0 spiro atoms. The van der Waals surface area contributed by atoms with Gasteiger partial charge < -0.3 is 26.0 Å². The first-order valence-electron chi connectivity index (χ1n) is 14.6. The van der Waals surface area contributed by atoms with Crippen LogP contribution in [0.1, 0.15) is 116 Å². The van der Waals surface area contributed by atoms with Crippen molar-refractivity contribution in [3.63, 3.8) is 0 Å². The third kappa shape index (κ3) is 12.4. The Morgan fingerprint density at radius 2 is 1.52 bits per heavy atom. The molecular formula is C31H52N4O5. The second-order valence-corrected chi connectivity index (χ2v) is 11.9. The van der Waals surface area contributed by atoms with Crippen LogP contribution in [0.4, 0.5) is 4.79 Å². The second kappa shape index (κ2) is 16.9. The Morgan fingerprint density at radius 3 is 2.05 bits per heavy atom. The number of benzene rings is 1. The minimum Gasteiger partial charge on any atom is -0.444 e. The standard InChI is InChI=1S/C31H52N4O5/c1-9-10-11-12-13-14-20-35(27(28(37)33-21(2)3)26-22(4)16-15-17-23(26)5)29(38)24(18-19-25(32)36)34-30(39)40-31(6,7)8/h15-17,21,24,27H,9-14,18-20H2,1-8H3,(H2,32,36)(H,33,37)(H,34,39). The van der Waals surface area contributed by atoms with Gasteiger partial charge in [-0.25, -0.2) is 4.79 Å². The van der Waals surface area contributed by atoms with Crippen LogP contribution in [0.5, 0.6) is 0 Å². The first-order valence-corrected chi connectivity index (χ1v) is 14.6. The lowest BCUT2D eigenvalue weighted by atomic mass is 9.93. The van der Waals surface area contributed by atoms with E-state index in [1.807, 2.05) is 45.9 Å². The van der Waals surface area contributed by atoms with Gasteiger partial charge in [0.25, 0.3) is 0 Å². The molecule has 40 heavy (non-hydrogen) atoms. The van der Waals surface area contributed by atoms with E-state index in [0.29, 0.717) is 13.0 Å². The molecule has 4 N–H and O–H groups in total. The monoisotopic (exact) mass is 560 g/mol. The summed E-state index contributed by atoms with van der Waals surface area (Å²) in [6.45, 7) is 15.3. The Kier molecular flexibility index (Phi) is 14.7. The van der Waals surface area contributed by atoms with Crippen molar-refractivity contribution in [2.45, 2.75) is 130 Å². The molecule has 0 aromatic heterocycles. The lowest BCUT2D eigenvalue weighted by Crippen LogP contribution is -2.54. The van der Waals surface area contributed by atoms with Gasteiger partial charge in [0.05, 0.1) is 0 Å². The number of amides is 4. The predicted octanol–water partition coefficient (Wildman–Crippen LogP) is 5.22. The van der Waals surface area contributed by atoms with E-state index < -0.39 is 35.6 Å². The van der Waals surface area contributed by atoms with Crippen LogP contribution < -0.4 is 16.4 Å². The Morgan fingerprint density at radius 1 is 0.950 bits per heavy atom. The van der Waals surface area contributed by atoms with Crippen molar-refractivity contribution in [1.82, 2.24) is 15.5 Å². The molecule has 4 amide bonds. The predicted molar refractivity (Wildman–Crippen MR) is 159 cm³/mol. The molecule has 1 aromatic carbocycles. The number of nitrogens with zero attached hydrogens (tertiary/aromatic N) is 1. The summed E-state index contributed by atoms with van der Waals surface area (Å²) in [6.07, 6.45) is 5.14. The fourth-order valence-electron chi connectivity index (χ4n) is 4.67. The summed E-state index contributed by atoms with van der Waals surface area (Å²) in [5.41, 5.74) is 7.16. The summed E-state index contributed by atoms with van der Waals surface area (Å²) in [5.74, 6) is -1.33. The first-order chi connectivity index (χ1) is 18.7. The molecule has 9 nitrogen and oxygen atoms in total. The first kappa shape index (κ1) is 34.9. The molecule has 0 aliphatic rings. The smallest absolute Gasteiger partial charge is 0.408 e. The van der Waals surface area contributed by atoms with Crippen LogP contribution in [0.3, 0.4) is 0 Å². The number of nitrogens with one attached hydrogen (secondary N) is 2. The molecule has 0 fully saturated rings.